The van der Waals surface area contributed by atoms with Gasteiger partial charge in [0.2, 0.25) is 0 Å². The van der Waals surface area contributed by atoms with Crippen molar-refractivity contribution < 1.29 is 4.92 Å². The lowest BCUT2D eigenvalue weighted by atomic mass is 9.92. The van der Waals surface area contributed by atoms with Crippen LogP contribution in [0.2, 0.25) is 0 Å². The van der Waals surface area contributed by atoms with Gasteiger partial charge in [0.05, 0.1) is 4.92 Å². The summed E-state index contributed by atoms with van der Waals surface area (Å²) in [5.74, 6) is 0.440. The molecule has 1 saturated heterocycles. The Morgan fingerprint density at radius 1 is 1.43 bits per heavy atom. The summed E-state index contributed by atoms with van der Waals surface area (Å²) in [5, 5.41) is 14.7. The van der Waals surface area contributed by atoms with Crippen LogP contribution < -0.4 is 5.32 Å². The van der Waals surface area contributed by atoms with Crippen molar-refractivity contribution in [1.29, 1.82) is 0 Å². The summed E-state index contributed by atoms with van der Waals surface area (Å²) in [5.41, 5.74) is 1.11. The van der Waals surface area contributed by atoms with E-state index in [4.69, 9.17) is 0 Å². The van der Waals surface area contributed by atoms with E-state index in [0.717, 1.165) is 29.5 Å². The Bertz CT molecular complexity index is 548. The van der Waals surface area contributed by atoms with Crippen molar-refractivity contribution in [3.8, 4) is 0 Å². The van der Waals surface area contributed by atoms with E-state index in [-0.39, 0.29) is 16.7 Å². The number of nitrogens with zero attached hydrogens (tertiary/aromatic N) is 2. The number of halogens is 1. The second-order valence-corrected chi connectivity index (χ2v) is 6.90. The van der Waals surface area contributed by atoms with E-state index < -0.39 is 0 Å². The summed E-state index contributed by atoms with van der Waals surface area (Å²) in [6.45, 7) is 1.95. The Kier molecular flexibility index (Phi) is 4.28. The van der Waals surface area contributed by atoms with Crippen LogP contribution in [0.4, 0.5) is 5.69 Å². The van der Waals surface area contributed by atoms with Crippen LogP contribution in [0.1, 0.15) is 30.9 Å². The van der Waals surface area contributed by atoms with E-state index in [1.54, 1.807) is 6.07 Å². The average Bonchev–Trinajstić information content (AvgIpc) is 3.21. The van der Waals surface area contributed by atoms with Gasteiger partial charge in [-0.2, -0.15) is 0 Å². The van der Waals surface area contributed by atoms with Gasteiger partial charge in [-0.15, -0.1) is 0 Å². The van der Waals surface area contributed by atoms with Gasteiger partial charge in [-0.3, -0.25) is 15.0 Å². The molecule has 1 saturated carbocycles. The molecule has 2 unspecified atom stereocenters. The zero-order valence-corrected chi connectivity index (χ0v) is 13.7. The van der Waals surface area contributed by atoms with Gasteiger partial charge in [0, 0.05) is 28.2 Å². The average molecular weight is 354 g/mol. The van der Waals surface area contributed by atoms with Gasteiger partial charge in [0.25, 0.3) is 5.69 Å². The molecule has 0 spiro atoms. The minimum absolute atomic E-state index is 0.165. The topological polar surface area (TPSA) is 58.4 Å². The fourth-order valence-corrected chi connectivity index (χ4v) is 3.88. The van der Waals surface area contributed by atoms with Gasteiger partial charge in [-0.05, 0) is 57.5 Å². The highest BCUT2D eigenvalue weighted by Gasteiger charge is 2.44. The lowest BCUT2D eigenvalue weighted by molar-refractivity contribution is -0.386. The van der Waals surface area contributed by atoms with Crippen LogP contribution in [0.3, 0.4) is 0 Å². The molecule has 0 bridgehead atoms. The molecule has 1 aromatic rings. The molecule has 1 N–H and O–H groups in total. The van der Waals surface area contributed by atoms with Gasteiger partial charge < -0.3 is 5.32 Å². The molecule has 1 aliphatic heterocycles. The van der Waals surface area contributed by atoms with E-state index in [1.807, 2.05) is 19.2 Å². The Hall–Kier alpha value is -0.980. The third-order valence-electron chi connectivity index (χ3n) is 4.55. The molecule has 6 heteroatoms. The zero-order chi connectivity index (χ0) is 15.0. The largest absolute Gasteiger partial charge is 0.319 e. The molecule has 5 nitrogen and oxygen atoms in total. The molecule has 1 aromatic carbocycles. The molecule has 1 heterocycles. The van der Waals surface area contributed by atoms with E-state index in [0.29, 0.717) is 12.0 Å². The van der Waals surface area contributed by atoms with Gasteiger partial charge in [-0.25, -0.2) is 0 Å². The summed E-state index contributed by atoms with van der Waals surface area (Å²) >= 11 is 3.35. The number of hydrogen-bond donors (Lipinski definition) is 1. The number of nitro benzene ring substituents is 1. The van der Waals surface area contributed by atoms with Crippen molar-refractivity contribution in [3.05, 3.63) is 38.3 Å². The zero-order valence-electron chi connectivity index (χ0n) is 12.1. The first-order chi connectivity index (χ1) is 10.1. The van der Waals surface area contributed by atoms with Crippen LogP contribution in [-0.4, -0.2) is 36.0 Å². The molecule has 1 aliphatic carbocycles. The van der Waals surface area contributed by atoms with Crippen LogP contribution in [0.25, 0.3) is 0 Å². The lowest BCUT2D eigenvalue weighted by Gasteiger charge is -2.28. The van der Waals surface area contributed by atoms with Gasteiger partial charge in [-0.1, -0.05) is 15.9 Å². The number of benzene rings is 1. The van der Waals surface area contributed by atoms with Crippen LogP contribution in [0.15, 0.2) is 22.7 Å². The summed E-state index contributed by atoms with van der Waals surface area (Å²) < 4.78 is 0.763. The number of likely N-dealkylation sites (tertiary alicyclic amines) is 1. The predicted octanol–water partition coefficient (Wildman–Crippen LogP) is 3.10. The fraction of sp³-hybridized carbons (Fsp3) is 0.600. The van der Waals surface area contributed by atoms with Gasteiger partial charge in [0.1, 0.15) is 0 Å². The Morgan fingerprint density at radius 2 is 2.19 bits per heavy atom. The normalized spacial score (nSPS) is 26.2. The van der Waals surface area contributed by atoms with Gasteiger partial charge in [0.15, 0.2) is 0 Å². The van der Waals surface area contributed by atoms with Crippen LogP contribution in [0.5, 0.6) is 0 Å². The predicted molar refractivity (Wildman–Crippen MR) is 85.3 cm³/mol. The van der Waals surface area contributed by atoms with E-state index in [1.165, 1.54) is 12.8 Å². The Morgan fingerprint density at radius 3 is 2.81 bits per heavy atom. The molecule has 2 atom stereocenters. The highest BCUT2D eigenvalue weighted by atomic mass is 79.9. The van der Waals surface area contributed by atoms with E-state index in [9.17, 15) is 10.1 Å². The first kappa shape index (κ1) is 14.9. The Labute approximate surface area is 133 Å². The van der Waals surface area contributed by atoms with Crippen molar-refractivity contribution in [2.45, 2.75) is 31.3 Å². The van der Waals surface area contributed by atoms with Crippen molar-refractivity contribution in [2.24, 2.45) is 5.92 Å². The lowest BCUT2D eigenvalue weighted by Crippen LogP contribution is -2.31. The highest BCUT2D eigenvalue weighted by molar-refractivity contribution is 9.10. The minimum atomic E-state index is -0.250. The van der Waals surface area contributed by atoms with Crippen LogP contribution >= 0.6 is 15.9 Å². The summed E-state index contributed by atoms with van der Waals surface area (Å²) in [6, 6.07) is 6.27. The molecular formula is C15H20BrN3O2. The fourth-order valence-electron chi connectivity index (χ4n) is 3.53. The van der Waals surface area contributed by atoms with Crippen molar-refractivity contribution in [2.75, 3.05) is 20.1 Å². The number of nitro groups is 1. The van der Waals surface area contributed by atoms with Crippen LogP contribution in [-0.2, 0) is 0 Å². The SMILES string of the molecule is CNCC1CCN(C2CC2)C1c1ccc(Br)cc1[N+](=O)[O-]. The summed E-state index contributed by atoms with van der Waals surface area (Å²) in [7, 11) is 1.95. The maximum atomic E-state index is 11.4. The number of hydrogen-bond acceptors (Lipinski definition) is 4. The molecular weight excluding hydrogens is 334 g/mol. The third kappa shape index (κ3) is 2.98. The van der Waals surface area contributed by atoms with E-state index in [2.05, 4.69) is 26.1 Å². The van der Waals surface area contributed by atoms with Crippen LogP contribution in [0, 0.1) is 16.0 Å². The second-order valence-electron chi connectivity index (χ2n) is 5.98. The van der Waals surface area contributed by atoms with Crippen molar-refractivity contribution in [1.82, 2.24) is 10.2 Å². The maximum Gasteiger partial charge on any atom is 0.275 e. The first-order valence-electron chi connectivity index (χ1n) is 7.46. The molecule has 114 valence electrons. The Balaban J connectivity index is 1.99. The second kappa shape index (κ2) is 6.02. The summed E-state index contributed by atoms with van der Waals surface area (Å²) in [6.07, 6.45) is 3.56. The molecule has 0 amide bonds. The minimum Gasteiger partial charge on any atom is -0.319 e. The monoisotopic (exact) mass is 353 g/mol. The third-order valence-corrected chi connectivity index (χ3v) is 5.05. The first-order valence-corrected chi connectivity index (χ1v) is 8.25. The van der Waals surface area contributed by atoms with Gasteiger partial charge >= 0.3 is 0 Å². The molecule has 0 aromatic heterocycles. The number of rotatable bonds is 5. The maximum absolute atomic E-state index is 11.4. The standard InChI is InChI=1S/C15H20BrN3O2/c1-17-9-10-6-7-18(12-3-4-12)15(10)13-5-2-11(16)8-14(13)19(20)21/h2,5,8,10,12,15,17H,3-4,6-7,9H2,1H3. The highest BCUT2D eigenvalue weighted by Crippen LogP contribution is 2.46. The molecule has 2 fully saturated rings. The van der Waals surface area contributed by atoms with E-state index >= 15 is 0 Å². The molecule has 3 rings (SSSR count). The smallest absolute Gasteiger partial charge is 0.275 e. The molecule has 0 radical (unpaired) electrons. The molecule has 21 heavy (non-hydrogen) atoms. The molecule has 2 aliphatic rings. The summed E-state index contributed by atoms with van der Waals surface area (Å²) in [4.78, 5) is 13.7. The van der Waals surface area contributed by atoms with Crippen molar-refractivity contribution in [3.63, 3.8) is 0 Å². The van der Waals surface area contributed by atoms with Crippen molar-refractivity contribution >= 4 is 21.6 Å². The number of nitrogens with one attached hydrogen (secondary N) is 1. The quantitative estimate of drug-likeness (QED) is 0.652.